The van der Waals surface area contributed by atoms with E-state index < -0.39 is 5.97 Å². The summed E-state index contributed by atoms with van der Waals surface area (Å²) < 4.78 is 4.85. The van der Waals surface area contributed by atoms with Crippen LogP contribution in [0.1, 0.15) is 69.7 Å². The van der Waals surface area contributed by atoms with E-state index in [0.717, 1.165) is 42.2 Å². The summed E-state index contributed by atoms with van der Waals surface area (Å²) in [4.78, 5) is 8.89. The Morgan fingerprint density at radius 1 is 0.658 bits per heavy atom. The first-order valence-electron chi connectivity index (χ1n) is 13.8. The van der Waals surface area contributed by atoms with Crippen LogP contribution in [0.15, 0.2) is 60.7 Å². The molecule has 0 aliphatic heterocycles. The van der Waals surface area contributed by atoms with Gasteiger partial charge in [0.25, 0.3) is 0 Å². The highest BCUT2D eigenvalue weighted by Gasteiger charge is 2.15. The van der Waals surface area contributed by atoms with E-state index in [0.29, 0.717) is 0 Å². The van der Waals surface area contributed by atoms with Crippen LogP contribution in [0.3, 0.4) is 0 Å². The van der Waals surface area contributed by atoms with Crippen molar-refractivity contribution < 1.29 is 19.0 Å². The van der Waals surface area contributed by atoms with Crippen LogP contribution in [0.4, 0.5) is 11.4 Å². The number of hydrogen-bond donors (Lipinski definition) is 2. The fraction of sp³-hybridized carbons (Fsp3) is 0.406. The number of nitrogens with zero attached hydrogens (tertiary/aromatic N) is 2. The largest absolute Gasteiger partial charge is 0.550 e. The molecule has 0 bridgehead atoms. The lowest BCUT2D eigenvalue weighted by atomic mass is 10.1. The number of nitrogen functional groups attached to an aromatic ring is 2. The smallest absolute Gasteiger partial charge is 0.214 e. The van der Waals surface area contributed by atoms with Gasteiger partial charge in [-0.1, -0.05) is 49.9 Å². The average Bonchev–Trinajstić information content (AvgIpc) is 2.88. The molecule has 0 unspecified atom stereocenters. The van der Waals surface area contributed by atoms with Crippen molar-refractivity contribution in [3.8, 4) is 0 Å². The van der Waals surface area contributed by atoms with Gasteiger partial charge in [-0.05, 0) is 31.9 Å². The second kappa shape index (κ2) is 14.3. The molecule has 0 amide bonds. The molecule has 4 aromatic rings. The predicted molar refractivity (Wildman–Crippen MR) is 154 cm³/mol. The summed E-state index contributed by atoms with van der Waals surface area (Å²) in [7, 11) is 0. The molecular formula is C32H43N4O2+. The zero-order valence-electron chi connectivity index (χ0n) is 23.2. The number of rotatable bonds is 11. The molecule has 0 radical (unpaired) electrons. The van der Waals surface area contributed by atoms with Gasteiger partial charge in [-0.15, -0.1) is 0 Å². The third-order valence-electron chi connectivity index (χ3n) is 7.11. The van der Waals surface area contributed by atoms with Crippen LogP contribution < -0.4 is 25.7 Å². The average molecular weight is 516 g/mol. The van der Waals surface area contributed by atoms with Gasteiger partial charge < -0.3 is 21.4 Å². The van der Waals surface area contributed by atoms with Crippen LogP contribution in [-0.4, -0.2) is 5.97 Å². The van der Waals surface area contributed by atoms with Gasteiger partial charge in [0.1, 0.15) is 13.1 Å². The minimum absolute atomic E-state index is 0.877. The monoisotopic (exact) mass is 515 g/mol. The summed E-state index contributed by atoms with van der Waals surface area (Å²) in [6.07, 6.45) is 10.3. The quantitative estimate of drug-likeness (QED) is 0.219. The maximum atomic E-state index is 8.89. The van der Waals surface area contributed by atoms with Gasteiger partial charge in [0, 0.05) is 56.9 Å². The van der Waals surface area contributed by atoms with E-state index in [1.807, 2.05) is 0 Å². The number of carboxylic acids is 1. The summed E-state index contributed by atoms with van der Waals surface area (Å²) in [6.45, 7) is 7.43. The molecule has 0 saturated heterocycles. The Morgan fingerprint density at radius 2 is 0.974 bits per heavy atom. The van der Waals surface area contributed by atoms with E-state index in [1.165, 1.54) is 73.8 Å². The van der Waals surface area contributed by atoms with E-state index in [1.54, 1.807) is 0 Å². The summed E-state index contributed by atoms with van der Waals surface area (Å²) >= 11 is 0. The maximum Gasteiger partial charge on any atom is 0.214 e. The first kappa shape index (κ1) is 28.9. The van der Waals surface area contributed by atoms with E-state index in [-0.39, 0.29) is 0 Å². The van der Waals surface area contributed by atoms with Gasteiger partial charge in [0.05, 0.1) is 22.1 Å². The molecule has 4 N–H and O–H groups in total. The van der Waals surface area contributed by atoms with Crippen LogP contribution in [0.2, 0.25) is 0 Å². The van der Waals surface area contributed by atoms with Crippen molar-refractivity contribution >= 4 is 39.1 Å². The molecule has 4 rings (SSSR count). The fourth-order valence-electron chi connectivity index (χ4n) is 5.24. The minimum atomic E-state index is -1.08. The first-order chi connectivity index (χ1) is 18.3. The molecule has 0 saturated carbocycles. The van der Waals surface area contributed by atoms with E-state index in [2.05, 4.69) is 83.6 Å². The second-order valence-corrected chi connectivity index (χ2v) is 10.1. The molecule has 2 aromatic carbocycles. The normalized spacial score (nSPS) is 10.9. The number of benzene rings is 2. The molecule has 0 spiro atoms. The molecule has 2 aromatic heterocycles. The lowest BCUT2D eigenvalue weighted by molar-refractivity contribution is -0.678. The lowest BCUT2D eigenvalue weighted by Crippen LogP contribution is -2.38. The molecule has 0 aliphatic carbocycles. The lowest BCUT2D eigenvalue weighted by Gasteiger charge is -2.08. The highest BCUT2D eigenvalue weighted by Crippen LogP contribution is 2.20. The number of fused-ring (bicyclic) bond motifs is 2. The van der Waals surface area contributed by atoms with Crippen LogP contribution in [0, 0.1) is 13.8 Å². The third kappa shape index (κ3) is 7.91. The molecule has 0 atom stereocenters. The molecule has 0 fully saturated rings. The number of nitrogens with two attached hydrogens (primary N) is 2. The Bertz CT molecular complexity index is 1260. The number of carboxylic acid groups (broad SMARTS) is 1. The van der Waals surface area contributed by atoms with Crippen molar-refractivity contribution in [2.45, 2.75) is 85.2 Å². The Morgan fingerprint density at radius 3 is 1.34 bits per heavy atom. The summed E-state index contributed by atoms with van der Waals surface area (Å²) in [5.41, 5.74) is 19.2. The van der Waals surface area contributed by atoms with Crippen molar-refractivity contribution in [1.82, 2.24) is 0 Å². The molecule has 2 heterocycles. The summed E-state index contributed by atoms with van der Waals surface area (Å²) in [5, 5.41) is 11.2. The summed E-state index contributed by atoms with van der Waals surface area (Å²) in [5.74, 6) is -1.08. The SMILES string of the molecule is CC(=O)[O-].Cc1cc(N)c2ccccc2[n+]1CCCCCCCCCC[n+]1c(C)cc(N)c2ccccc21. The Kier molecular flexibility index (Phi) is 10.9. The van der Waals surface area contributed by atoms with E-state index in [4.69, 9.17) is 21.4 Å². The summed E-state index contributed by atoms with van der Waals surface area (Å²) in [6, 6.07) is 21.2. The third-order valence-corrected chi connectivity index (χ3v) is 7.11. The fourth-order valence-corrected chi connectivity index (χ4v) is 5.24. The number of unbranched alkanes of at least 4 members (excludes halogenated alkanes) is 7. The van der Waals surface area contributed by atoms with Gasteiger partial charge in [-0.25, -0.2) is 0 Å². The first-order valence-corrected chi connectivity index (χ1v) is 13.8. The number of anilines is 2. The standard InChI is InChI=1S/C30H38N4.C2H4O2/c1-23-21-27(31)25-15-9-11-17-29(25)33(23)19-13-7-5-3-4-6-8-14-20-34-24(2)22-28(32)26-16-10-12-18-30(26)34;1-2(3)4/h9-12,15-18,21-22,31-32H,3-8,13-14,19-20H2,1-2H3;1H3,(H,3,4)/p+1. The Labute approximate surface area is 226 Å². The van der Waals surface area contributed by atoms with Crippen molar-refractivity contribution in [1.29, 1.82) is 0 Å². The van der Waals surface area contributed by atoms with Gasteiger partial charge in [0.15, 0.2) is 11.4 Å². The molecule has 38 heavy (non-hydrogen) atoms. The van der Waals surface area contributed by atoms with Crippen LogP contribution >= 0.6 is 0 Å². The highest BCUT2D eigenvalue weighted by molar-refractivity contribution is 5.88. The number of aryl methyl sites for hydroxylation is 4. The minimum Gasteiger partial charge on any atom is -0.550 e. The topological polar surface area (TPSA) is 99.9 Å². The molecular weight excluding hydrogens is 472 g/mol. The number of carbonyl (C=O) groups excluding carboxylic acids is 1. The maximum absolute atomic E-state index is 8.89. The predicted octanol–water partition coefficient (Wildman–Crippen LogP) is 4.93. The van der Waals surface area contributed by atoms with Crippen molar-refractivity contribution in [2.75, 3.05) is 11.5 Å². The Balaban J connectivity index is 0.000000934. The number of para-hydroxylation sites is 2. The van der Waals surface area contributed by atoms with Crippen LogP contribution in [0.5, 0.6) is 0 Å². The van der Waals surface area contributed by atoms with E-state index in [9.17, 15) is 0 Å². The number of pyridine rings is 2. The zero-order valence-corrected chi connectivity index (χ0v) is 23.2. The van der Waals surface area contributed by atoms with Gasteiger partial charge >= 0.3 is 0 Å². The molecule has 6 heteroatoms. The second-order valence-electron chi connectivity index (χ2n) is 10.1. The van der Waals surface area contributed by atoms with Gasteiger partial charge in [-0.3, -0.25) is 0 Å². The van der Waals surface area contributed by atoms with E-state index >= 15 is 0 Å². The van der Waals surface area contributed by atoms with Crippen molar-refractivity contribution in [2.24, 2.45) is 0 Å². The van der Waals surface area contributed by atoms with Crippen molar-refractivity contribution in [3.63, 3.8) is 0 Å². The molecule has 202 valence electrons. The zero-order chi connectivity index (χ0) is 27.5. The highest BCUT2D eigenvalue weighted by atomic mass is 16.4. The van der Waals surface area contributed by atoms with Gasteiger partial charge in [-0.2, -0.15) is 9.13 Å². The number of carbonyl (C=O) groups is 1. The van der Waals surface area contributed by atoms with Crippen molar-refractivity contribution in [3.05, 3.63) is 72.1 Å². The molecule has 6 nitrogen and oxygen atoms in total. The number of aromatic nitrogens is 2. The Hall–Kier alpha value is -3.67. The van der Waals surface area contributed by atoms with Gasteiger partial charge in [0.2, 0.25) is 11.0 Å². The number of aliphatic carboxylic acids is 1. The van der Waals surface area contributed by atoms with Crippen LogP contribution in [-0.2, 0) is 17.9 Å². The molecule has 0 aliphatic rings. The number of hydrogen-bond acceptors (Lipinski definition) is 4. The van der Waals surface area contributed by atoms with Crippen LogP contribution in [0.25, 0.3) is 21.8 Å².